The Hall–Kier alpha value is -1.11. The summed E-state index contributed by atoms with van der Waals surface area (Å²) in [6.45, 7) is 4.31. The molecule has 0 aliphatic heterocycles. The summed E-state index contributed by atoms with van der Waals surface area (Å²) in [7, 11) is -3.91. The third-order valence-corrected chi connectivity index (χ3v) is 4.75. The summed E-state index contributed by atoms with van der Waals surface area (Å²) in [5.74, 6) is -1.21. The fourth-order valence-corrected chi connectivity index (χ4v) is 3.60. The maximum Gasteiger partial charge on any atom is 0.318 e. The van der Waals surface area contributed by atoms with Crippen molar-refractivity contribution in [1.82, 2.24) is 4.31 Å². The maximum absolute atomic E-state index is 12.5. The molecule has 0 fully saturated rings. The zero-order valence-electron chi connectivity index (χ0n) is 10.9. The van der Waals surface area contributed by atoms with Crippen LogP contribution in [-0.4, -0.2) is 35.9 Å². The lowest BCUT2D eigenvalue weighted by molar-refractivity contribution is -0.138. The Balaban J connectivity index is 3.32. The zero-order chi connectivity index (χ0) is 14.8. The van der Waals surface area contributed by atoms with E-state index in [1.165, 1.54) is 18.2 Å². The van der Waals surface area contributed by atoms with Crippen molar-refractivity contribution in [3.8, 4) is 0 Å². The largest absolute Gasteiger partial charge is 0.480 e. The predicted molar refractivity (Wildman–Crippen MR) is 72.7 cm³/mol. The minimum atomic E-state index is -3.91. The lowest BCUT2D eigenvalue weighted by Gasteiger charge is -2.33. The SMILES string of the molecule is CC(C)(C)N(CC(=O)O)S(=O)(=O)c1cccc(Cl)c1. The van der Waals surface area contributed by atoms with Gasteiger partial charge in [-0.2, -0.15) is 4.31 Å². The van der Waals surface area contributed by atoms with Crippen molar-refractivity contribution in [1.29, 1.82) is 0 Å². The van der Waals surface area contributed by atoms with Crippen LogP contribution in [0.1, 0.15) is 20.8 Å². The van der Waals surface area contributed by atoms with Crippen molar-refractivity contribution in [2.45, 2.75) is 31.2 Å². The molecule has 1 rings (SSSR count). The Morgan fingerprint density at radius 3 is 2.37 bits per heavy atom. The van der Waals surface area contributed by atoms with Gasteiger partial charge < -0.3 is 5.11 Å². The number of carboxylic acid groups (broad SMARTS) is 1. The molecule has 0 amide bonds. The molecule has 19 heavy (non-hydrogen) atoms. The number of carboxylic acids is 1. The molecule has 0 bridgehead atoms. The van der Waals surface area contributed by atoms with E-state index < -0.39 is 28.1 Å². The standard InChI is InChI=1S/C12H16ClNO4S/c1-12(2,3)14(8-11(15)16)19(17,18)10-6-4-5-9(13)7-10/h4-7H,8H2,1-3H3,(H,15,16). The van der Waals surface area contributed by atoms with Crippen LogP contribution in [-0.2, 0) is 14.8 Å². The monoisotopic (exact) mass is 305 g/mol. The van der Waals surface area contributed by atoms with Crippen LogP contribution in [0.2, 0.25) is 5.02 Å². The highest BCUT2D eigenvalue weighted by Gasteiger charge is 2.35. The number of hydrogen-bond acceptors (Lipinski definition) is 3. The van der Waals surface area contributed by atoms with E-state index >= 15 is 0 Å². The Kier molecular flexibility index (Phi) is 4.60. The van der Waals surface area contributed by atoms with E-state index in [4.69, 9.17) is 16.7 Å². The second kappa shape index (κ2) is 5.48. The molecule has 0 unspecified atom stereocenters. The summed E-state index contributed by atoms with van der Waals surface area (Å²) in [4.78, 5) is 10.9. The van der Waals surface area contributed by atoms with Gasteiger partial charge in [-0.25, -0.2) is 8.42 Å². The second-order valence-electron chi connectivity index (χ2n) is 5.03. The molecular formula is C12H16ClNO4S. The van der Waals surface area contributed by atoms with Crippen molar-refractivity contribution in [3.63, 3.8) is 0 Å². The van der Waals surface area contributed by atoms with E-state index in [9.17, 15) is 13.2 Å². The van der Waals surface area contributed by atoms with Gasteiger partial charge >= 0.3 is 5.97 Å². The second-order valence-corrected chi connectivity index (χ2v) is 7.33. The van der Waals surface area contributed by atoms with Crippen molar-refractivity contribution < 1.29 is 18.3 Å². The van der Waals surface area contributed by atoms with Gasteiger partial charge in [-0.05, 0) is 39.0 Å². The number of halogens is 1. The van der Waals surface area contributed by atoms with Crippen LogP contribution in [0, 0.1) is 0 Å². The van der Waals surface area contributed by atoms with E-state index in [0.29, 0.717) is 0 Å². The molecule has 0 aromatic heterocycles. The third-order valence-electron chi connectivity index (χ3n) is 2.41. The zero-order valence-corrected chi connectivity index (χ0v) is 12.5. The van der Waals surface area contributed by atoms with Gasteiger partial charge in [0.1, 0.15) is 6.54 Å². The highest BCUT2D eigenvalue weighted by molar-refractivity contribution is 7.89. The van der Waals surface area contributed by atoms with Crippen LogP contribution in [0.5, 0.6) is 0 Å². The van der Waals surface area contributed by atoms with Gasteiger partial charge in [0.2, 0.25) is 10.0 Å². The van der Waals surface area contributed by atoms with Gasteiger partial charge in [-0.1, -0.05) is 17.7 Å². The quantitative estimate of drug-likeness (QED) is 0.925. The summed E-state index contributed by atoms with van der Waals surface area (Å²) < 4.78 is 25.9. The van der Waals surface area contributed by atoms with Crippen molar-refractivity contribution in [3.05, 3.63) is 29.3 Å². The molecule has 0 heterocycles. The van der Waals surface area contributed by atoms with Gasteiger partial charge in [-0.3, -0.25) is 4.79 Å². The topological polar surface area (TPSA) is 74.7 Å². The van der Waals surface area contributed by atoms with E-state index in [2.05, 4.69) is 0 Å². The fourth-order valence-electron chi connectivity index (χ4n) is 1.56. The lowest BCUT2D eigenvalue weighted by atomic mass is 10.1. The van der Waals surface area contributed by atoms with Crippen LogP contribution < -0.4 is 0 Å². The van der Waals surface area contributed by atoms with Crippen LogP contribution in [0.3, 0.4) is 0 Å². The first kappa shape index (κ1) is 15.9. The highest BCUT2D eigenvalue weighted by atomic mass is 35.5. The molecule has 0 aliphatic rings. The first-order valence-electron chi connectivity index (χ1n) is 5.55. The van der Waals surface area contributed by atoms with Crippen LogP contribution in [0.15, 0.2) is 29.2 Å². The van der Waals surface area contributed by atoms with E-state index in [0.717, 1.165) is 4.31 Å². The van der Waals surface area contributed by atoms with Gasteiger partial charge in [0.05, 0.1) is 4.90 Å². The predicted octanol–water partition coefficient (Wildman–Crippen LogP) is 2.21. The van der Waals surface area contributed by atoms with Crippen molar-refractivity contribution in [2.75, 3.05) is 6.54 Å². The smallest absolute Gasteiger partial charge is 0.318 e. The van der Waals surface area contributed by atoms with E-state index in [1.54, 1.807) is 26.8 Å². The molecule has 0 radical (unpaired) electrons. The summed E-state index contributed by atoms with van der Waals surface area (Å²) in [6, 6.07) is 5.76. The van der Waals surface area contributed by atoms with Crippen molar-refractivity contribution in [2.24, 2.45) is 0 Å². The molecule has 0 atom stereocenters. The molecular weight excluding hydrogens is 290 g/mol. The van der Waals surface area contributed by atoms with Gasteiger partial charge in [0, 0.05) is 10.6 Å². The number of benzene rings is 1. The number of aliphatic carboxylic acids is 1. The van der Waals surface area contributed by atoms with Crippen LogP contribution in [0.25, 0.3) is 0 Å². The molecule has 1 aromatic rings. The van der Waals surface area contributed by atoms with E-state index in [1.807, 2.05) is 0 Å². The minimum Gasteiger partial charge on any atom is -0.480 e. The Labute approximate surface area is 117 Å². The number of carbonyl (C=O) groups is 1. The molecule has 0 spiro atoms. The maximum atomic E-state index is 12.5. The molecule has 1 aromatic carbocycles. The Bertz CT molecular complexity index is 578. The molecule has 0 aliphatic carbocycles. The van der Waals surface area contributed by atoms with E-state index in [-0.39, 0.29) is 9.92 Å². The number of rotatable bonds is 4. The number of hydrogen-bond donors (Lipinski definition) is 1. The molecule has 106 valence electrons. The summed E-state index contributed by atoms with van der Waals surface area (Å²) in [5, 5.41) is 9.16. The van der Waals surface area contributed by atoms with Gasteiger partial charge in [0.15, 0.2) is 0 Å². The normalized spacial score (nSPS) is 12.7. The van der Waals surface area contributed by atoms with Gasteiger partial charge in [-0.15, -0.1) is 0 Å². The Morgan fingerprint density at radius 2 is 1.95 bits per heavy atom. The lowest BCUT2D eigenvalue weighted by Crippen LogP contribution is -2.48. The van der Waals surface area contributed by atoms with Crippen molar-refractivity contribution >= 4 is 27.6 Å². The summed E-state index contributed by atoms with van der Waals surface area (Å²) >= 11 is 5.78. The molecule has 0 saturated heterocycles. The Morgan fingerprint density at radius 1 is 1.37 bits per heavy atom. The highest BCUT2D eigenvalue weighted by Crippen LogP contribution is 2.25. The summed E-state index contributed by atoms with van der Waals surface area (Å²) in [5.41, 5.74) is -0.848. The number of sulfonamides is 1. The summed E-state index contributed by atoms with van der Waals surface area (Å²) in [6.07, 6.45) is 0. The number of nitrogens with zero attached hydrogens (tertiary/aromatic N) is 1. The van der Waals surface area contributed by atoms with Gasteiger partial charge in [0.25, 0.3) is 0 Å². The first-order chi connectivity index (χ1) is 8.55. The average molecular weight is 306 g/mol. The molecule has 5 nitrogen and oxygen atoms in total. The molecule has 7 heteroatoms. The first-order valence-corrected chi connectivity index (χ1v) is 7.37. The minimum absolute atomic E-state index is 0.0174. The average Bonchev–Trinajstić information content (AvgIpc) is 2.24. The molecule has 0 saturated carbocycles. The molecule has 1 N–H and O–H groups in total. The van der Waals surface area contributed by atoms with Crippen LogP contribution >= 0.6 is 11.6 Å². The fraction of sp³-hybridized carbons (Fsp3) is 0.417. The van der Waals surface area contributed by atoms with Crippen LogP contribution in [0.4, 0.5) is 0 Å². The third kappa shape index (κ3) is 3.92.